The SMILES string of the molecule is Cc1nc(I)cc(N2C[C@@H](O)[C@H](F)C2)n1. The molecule has 4 nitrogen and oxygen atoms in total. The third kappa shape index (κ3) is 2.36. The van der Waals surface area contributed by atoms with Crippen LogP contribution in [0.4, 0.5) is 10.2 Å². The smallest absolute Gasteiger partial charge is 0.145 e. The lowest BCUT2D eigenvalue weighted by Crippen LogP contribution is -2.22. The lowest BCUT2D eigenvalue weighted by Gasteiger charge is -2.16. The maximum atomic E-state index is 13.1. The molecule has 82 valence electrons. The van der Waals surface area contributed by atoms with Crippen molar-refractivity contribution in [2.75, 3.05) is 18.0 Å². The van der Waals surface area contributed by atoms with E-state index in [-0.39, 0.29) is 6.54 Å². The fourth-order valence-corrected chi connectivity index (χ4v) is 2.24. The predicted molar refractivity (Wildman–Crippen MR) is 62.6 cm³/mol. The van der Waals surface area contributed by atoms with Crippen LogP contribution >= 0.6 is 22.6 Å². The van der Waals surface area contributed by atoms with Crippen molar-refractivity contribution in [3.63, 3.8) is 0 Å². The van der Waals surface area contributed by atoms with E-state index in [2.05, 4.69) is 32.6 Å². The van der Waals surface area contributed by atoms with Gasteiger partial charge in [0.15, 0.2) is 0 Å². The number of nitrogens with zero attached hydrogens (tertiary/aromatic N) is 3. The van der Waals surface area contributed by atoms with Gasteiger partial charge in [0, 0.05) is 12.6 Å². The van der Waals surface area contributed by atoms with E-state index in [4.69, 9.17) is 0 Å². The van der Waals surface area contributed by atoms with Crippen molar-refractivity contribution in [1.82, 2.24) is 9.97 Å². The maximum Gasteiger partial charge on any atom is 0.145 e. The topological polar surface area (TPSA) is 49.2 Å². The third-order valence-electron chi connectivity index (χ3n) is 2.34. The minimum absolute atomic E-state index is 0.202. The van der Waals surface area contributed by atoms with Crippen LogP contribution in [0.1, 0.15) is 5.82 Å². The summed E-state index contributed by atoms with van der Waals surface area (Å²) in [6, 6.07) is 1.79. The van der Waals surface area contributed by atoms with Crippen LogP contribution in [-0.2, 0) is 0 Å². The van der Waals surface area contributed by atoms with Crippen molar-refractivity contribution in [3.8, 4) is 0 Å². The summed E-state index contributed by atoms with van der Waals surface area (Å²) in [5, 5.41) is 9.31. The number of halogens is 2. The van der Waals surface area contributed by atoms with Gasteiger partial charge >= 0.3 is 0 Å². The van der Waals surface area contributed by atoms with Gasteiger partial charge in [0.2, 0.25) is 0 Å². The summed E-state index contributed by atoms with van der Waals surface area (Å²) in [7, 11) is 0. The van der Waals surface area contributed by atoms with Crippen molar-refractivity contribution in [1.29, 1.82) is 0 Å². The molecule has 0 saturated carbocycles. The Kier molecular flexibility index (Phi) is 3.06. The van der Waals surface area contributed by atoms with Crippen LogP contribution < -0.4 is 4.90 Å². The molecule has 1 N–H and O–H groups in total. The highest BCUT2D eigenvalue weighted by Crippen LogP contribution is 2.21. The molecule has 0 amide bonds. The van der Waals surface area contributed by atoms with Crippen LogP contribution in [0.5, 0.6) is 0 Å². The number of aryl methyl sites for hydroxylation is 1. The van der Waals surface area contributed by atoms with Gasteiger partial charge in [-0.1, -0.05) is 0 Å². The van der Waals surface area contributed by atoms with E-state index in [1.807, 2.05) is 0 Å². The fraction of sp³-hybridized carbons (Fsp3) is 0.556. The predicted octanol–water partition coefficient (Wildman–Crippen LogP) is 0.909. The Morgan fingerprint density at radius 2 is 2.27 bits per heavy atom. The molecule has 0 radical (unpaired) electrons. The summed E-state index contributed by atoms with van der Waals surface area (Å²) < 4.78 is 13.9. The molecule has 15 heavy (non-hydrogen) atoms. The van der Waals surface area contributed by atoms with Gasteiger partial charge in [-0.15, -0.1) is 0 Å². The van der Waals surface area contributed by atoms with Gasteiger partial charge in [0.25, 0.3) is 0 Å². The third-order valence-corrected chi connectivity index (χ3v) is 2.89. The Morgan fingerprint density at radius 3 is 2.80 bits per heavy atom. The van der Waals surface area contributed by atoms with Gasteiger partial charge in [0.1, 0.15) is 27.6 Å². The molecule has 1 aliphatic heterocycles. The van der Waals surface area contributed by atoms with Crippen LogP contribution in [0.15, 0.2) is 6.07 Å². The molecular weight excluding hydrogens is 312 g/mol. The quantitative estimate of drug-likeness (QED) is 0.617. The molecular formula is C9H11FIN3O. The highest BCUT2D eigenvalue weighted by atomic mass is 127. The largest absolute Gasteiger partial charge is 0.388 e. The monoisotopic (exact) mass is 323 g/mol. The van der Waals surface area contributed by atoms with E-state index in [1.54, 1.807) is 17.9 Å². The van der Waals surface area contributed by atoms with Gasteiger partial charge in [-0.25, -0.2) is 14.4 Å². The second kappa shape index (κ2) is 4.17. The van der Waals surface area contributed by atoms with Crippen LogP contribution in [0, 0.1) is 10.6 Å². The van der Waals surface area contributed by atoms with Crippen LogP contribution in [-0.4, -0.2) is 40.4 Å². The number of hydrogen-bond donors (Lipinski definition) is 1. The second-order valence-corrected chi connectivity index (χ2v) is 4.69. The van der Waals surface area contributed by atoms with Crippen LogP contribution in [0.25, 0.3) is 0 Å². The molecule has 0 aromatic carbocycles. The Bertz CT molecular complexity index is 346. The van der Waals surface area contributed by atoms with Gasteiger partial charge in [-0.05, 0) is 29.5 Å². The van der Waals surface area contributed by atoms with Crippen molar-refractivity contribution in [3.05, 3.63) is 15.6 Å². The van der Waals surface area contributed by atoms with Gasteiger partial charge < -0.3 is 10.0 Å². The van der Waals surface area contributed by atoms with E-state index in [1.165, 1.54) is 0 Å². The van der Waals surface area contributed by atoms with Crippen molar-refractivity contribution in [2.45, 2.75) is 19.2 Å². The molecule has 0 spiro atoms. The molecule has 2 heterocycles. The number of anilines is 1. The van der Waals surface area contributed by atoms with Crippen molar-refractivity contribution >= 4 is 28.4 Å². The molecule has 2 atom stereocenters. The molecule has 0 aliphatic carbocycles. The van der Waals surface area contributed by atoms with E-state index in [0.717, 1.165) is 3.70 Å². The number of aromatic nitrogens is 2. The summed E-state index contributed by atoms with van der Waals surface area (Å²) in [6.45, 7) is 2.30. The lowest BCUT2D eigenvalue weighted by atomic mass is 10.3. The van der Waals surface area contributed by atoms with Crippen molar-refractivity contribution in [2.24, 2.45) is 0 Å². The lowest BCUT2D eigenvalue weighted by molar-refractivity contribution is 0.118. The molecule has 0 bridgehead atoms. The number of rotatable bonds is 1. The zero-order valence-electron chi connectivity index (χ0n) is 8.19. The summed E-state index contributed by atoms with van der Waals surface area (Å²) in [5.74, 6) is 1.35. The highest BCUT2D eigenvalue weighted by molar-refractivity contribution is 14.1. The fourth-order valence-electron chi connectivity index (χ4n) is 1.61. The number of β-amino-alcohol motifs (C(OH)–C–C–N with tert-alkyl or cyclic N) is 1. The Hall–Kier alpha value is -0.500. The minimum atomic E-state index is -1.18. The zero-order valence-corrected chi connectivity index (χ0v) is 10.3. The van der Waals surface area contributed by atoms with Crippen LogP contribution in [0.2, 0.25) is 0 Å². The average molecular weight is 323 g/mol. The number of alkyl halides is 1. The molecule has 6 heteroatoms. The Labute approximate surface area is 101 Å². The molecule has 1 aromatic rings. The maximum absolute atomic E-state index is 13.1. The normalized spacial score (nSPS) is 26.0. The zero-order chi connectivity index (χ0) is 11.0. The summed E-state index contributed by atoms with van der Waals surface area (Å²) in [4.78, 5) is 10.1. The molecule has 1 aromatic heterocycles. The summed E-state index contributed by atoms with van der Waals surface area (Å²) >= 11 is 2.09. The molecule has 1 saturated heterocycles. The first-order chi connectivity index (χ1) is 7.06. The Balaban J connectivity index is 2.23. The number of hydrogen-bond acceptors (Lipinski definition) is 4. The number of aliphatic hydroxyl groups is 1. The van der Waals surface area contributed by atoms with E-state index in [9.17, 15) is 9.50 Å². The average Bonchev–Trinajstić information content (AvgIpc) is 2.45. The van der Waals surface area contributed by atoms with E-state index in [0.29, 0.717) is 18.2 Å². The van der Waals surface area contributed by atoms with Gasteiger partial charge in [0.05, 0.1) is 6.54 Å². The molecule has 2 rings (SSSR count). The summed E-state index contributed by atoms with van der Waals surface area (Å²) in [5.41, 5.74) is 0. The van der Waals surface area contributed by atoms with Gasteiger partial charge in [-0.2, -0.15) is 0 Å². The number of aliphatic hydroxyl groups excluding tert-OH is 1. The molecule has 1 aliphatic rings. The first-order valence-corrected chi connectivity index (χ1v) is 5.72. The van der Waals surface area contributed by atoms with Crippen molar-refractivity contribution < 1.29 is 9.50 Å². The molecule has 1 fully saturated rings. The van der Waals surface area contributed by atoms with Gasteiger partial charge in [-0.3, -0.25) is 0 Å². The Morgan fingerprint density at radius 1 is 1.53 bits per heavy atom. The highest BCUT2D eigenvalue weighted by Gasteiger charge is 2.32. The summed E-state index contributed by atoms with van der Waals surface area (Å²) in [6.07, 6.45) is -2.09. The standard InChI is InChI=1S/C9H11FIN3O/c1-5-12-8(11)2-9(13-5)14-3-6(10)7(15)4-14/h2,6-7,15H,3-4H2,1H3/t6-,7-/m1/s1. The first kappa shape index (κ1) is 11.0. The molecule has 0 unspecified atom stereocenters. The van der Waals surface area contributed by atoms with Crippen LogP contribution in [0.3, 0.4) is 0 Å². The van der Waals surface area contributed by atoms with E-state index >= 15 is 0 Å². The first-order valence-electron chi connectivity index (χ1n) is 4.64. The minimum Gasteiger partial charge on any atom is -0.388 e. The van der Waals surface area contributed by atoms with E-state index < -0.39 is 12.3 Å². The second-order valence-electron chi connectivity index (χ2n) is 3.58.